The summed E-state index contributed by atoms with van der Waals surface area (Å²) < 4.78 is 0. The number of aliphatic hydroxyl groups excluding tert-OH is 1. The fraction of sp³-hybridized carbons (Fsp3) is 0.562. The minimum Gasteiger partial charge on any atom is -0.388 e. The molecule has 20 heavy (non-hydrogen) atoms. The molecule has 1 heterocycles. The van der Waals surface area contributed by atoms with Gasteiger partial charge in [-0.25, -0.2) is 0 Å². The van der Waals surface area contributed by atoms with Crippen molar-refractivity contribution in [3.63, 3.8) is 0 Å². The van der Waals surface area contributed by atoms with Crippen LogP contribution in [0.25, 0.3) is 0 Å². The first kappa shape index (κ1) is 15.0. The van der Waals surface area contributed by atoms with E-state index in [2.05, 4.69) is 13.8 Å². The van der Waals surface area contributed by atoms with Crippen molar-refractivity contribution in [2.75, 3.05) is 18.0 Å². The summed E-state index contributed by atoms with van der Waals surface area (Å²) in [5.41, 5.74) is 8.52. The lowest BCUT2D eigenvalue weighted by Gasteiger charge is -2.19. The van der Waals surface area contributed by atoms with E-state index in [0.717, 1.165) is 29.8 Å². The summed E-state index contributed by atoms with van der Waals surface area (Å²) in [7, 11) is 0. The summed E-state index contributed by atoms with van der Waals surface area (Å²) in [6, 6.07) is 5.87. The molecule has 0 radical (unpaired) electrons. The third-order valence-corrected chi connectivity index (χ3v) is 3.71. The lowest BCUT2D eigenvalue weighted by molar-refractivity contribution is -0.119. The van der Waals surface area contributed by atoms with Crippen LogP contribution in [-0.2, 0) is 11.2 Å². The monoisotopic (exact) mass is 276 g/mol. The summed E-state index contributed by atoms with van der Waals surface area (Å²) in [6.07, 6.45) is 1.50. The zero-order valence-corrected chi connectivity index (χ0v) is 12.3. The first-order valence-electron chi connectivity index (χ1n) is 7.34. The average molecular weight is 276 g/mol. The van der Waals surface area contributed by atoms with E-state index in [4.69, 9.17) is 5.73 Å². The molecule has 4 heteroatoms. The van der Waals surface area contributed by atoms with Crippen molar-refractivity contribution in [2.24, 2.45) is 11.7 Å². The molecule has 3 N–H and O–H groups in total. The summed E-state index contributed by atoms with van der Waals surface area (Å²) in [6.45, 7) is 5.33. The number of anilines is 1. The van der Waals surface area contributed by atoms with Gasteiger partial charge in [0.25, 0.3) is 0 Å². The zero-order chi connectivity index (χ0) is 14.7. The van der Waals surface area contributed by atoms with Crippen LogP contribution in [0, 0.1) is 5.92 Å². The zero-order valence-electron chi connectivity index (χ0n) is 12.3. The Kier molecular flexibility index (Phi) is 4.78. The Morgan fingerprint density at radius 2 is 2.20 bits per heavy atom. The molecule has 0 spiro atoms. The van der Waals surface area contributed by atoms with Crippen molar-refractivity contribution in [3.05, 3.63) is 29.3 Å². The molecule has 1 aromatic carbocycles. The average Bonchev–Trinajstić information content (AvgIpc) is 2.81. The highest BCUT2D eigenvalue weighted by atomic mass is 16.3. The molecule has 1 amide bonds. The van der Waals surface area contributed by atoms with Gasteiger partial charge in [0.1, 0.15) is 0 Å². The Hall–Kier alpha value is -1.39. The van der Waals surface area contributed by atoms with E-state index >= 15 is 0 Å². The number of benzene rings is 1. The van der Waals surface area contributed by atoms with E-state index in [1.165, 1.54) is 0 Å². The normalized spacial score (nSPS) is 15.6. The van der Waals surface area contributed by atoms with Crippen LogP contribution in [-0.4, -0.2) is 24.1 Å². The van der Waals surface area contributed by atoms with Crippen LogP contribution in [0.3, 0.4) is 0 Å². The van der Waals surface area contributed by atoms with Gasteiger partial charge < -0.3 is 15.7 Å². The standard InChI is InChI=1S/C16H24N2O2/c1-11(2)9-16(20)18-8-6-12-10-13(3-4-14(12)18)15(19)5-7-17/h3-4,10-11,15,19H,5-9,17H2,1-2H3. The quantitative estimate of drug-likeness (QED) is 0.864. The van der Waals surface area contributed by atoms with Crippen LogP contribution in [0.4, 0.5) is 5.69 Å². The third kappa shape index (κ3) is 3.19. The van der Waals surface area contributed by atoms with Crippen molar-refractivity contribution >= 4 is 11.6 Å². The molecule has 1 aliphatic heterocycles. The van der Waals surface area contributed by atoms with Crippen LogP contribution in [0.15, 0.2) is 18.2 Å². The smallest absolute Gasteiger partial charge is 0.227 e. The molecule has 110 valence electrons. The predicted molar refractivity (Wildman–Crippen MR) is 80.6 cm³/mol. The minimum absolute atomic E-state index is 0.189. The number of aliphatic hydroxyl groups is 1. The van der Waals surface area contributed by atoms with Crippen LogP contribution in [0.5, 0.6) is 0 Å². The van der Waals surface area contributed by atoms with Crippen molar-refractivity contribution in [1.29, 1.82) is 0 Å². The van der Waals surface area contributed by atoms with Crippen molar-refractivity contribution < 1.29 is 9.90 Å². The second-order valence-electron chi connectivity index (χ2n) is 5.87. The van der Waals surface area contributed by atoms with E-state index < -0.39 is 6.10 Å². The van der Waals surface area contributed by atoms with E-state index in [9.17, 15) is 9.90 Å². The number of fused-ring (bicyclic) bond motifs is 1. The number of amides is 1. The van der Waals surface area contributed by atoms with E-state index in [1.54, 1.807) is 0 Å². The molecule has 0 saturated heterocycles. The van der Waals surface area contributed by atoms with Gasteiger partial charge in [-0.05, 0) is 42.5 Å². The molecule has 0 saturated carbocycles. The van der Waals surface area contributed by atoms with Gasteiger partial charge >= 0.3 is 0 Å². The summed E-state index contributed by atoms with van der Waals surface area (Å²) in [5, 5.41) is 9.99. The van der Waals surface area contributed by atoms with Crippen LogP contribution < -0.4 is 10.6 Å². The molecule has 0 fully saturated rings. The van der Waals surface area contributed by atoms with Crippen LogP contribution in [0.2, 0.25) is 0 Å². The van der Waals surface area contributed by atoms with Gasteiger partial charge in [0, 0.05) is 18.7 Å². The van der Waals surface area contributed by atoms with E-state index in [1.807, 2.05) is 23.1 Å². The number of carbonyl (C=O) groups excluding carboxylic acids is 1. The number of hydrogen-bond donors (Lipinski definition) is 2. The molecule has 0 bridgehead atoms. The molecule has 4 nitrogen and oxygen atoms in total. The Morgan fingerprint density at radius 1 is 1.45 bits per heavy atom. The Labute approximate surface area is 120 Å². The highest BCUT2D eigenvalue weighted by molar-refractivity contribution is 5.95. The summed E-state index contributed by atoms with van der Waals surface area (Å²) >= 11 is 0. The van der Waals surface area contributed by atoms with Crippen molar-refractivity contribution in [2.45, 2.75) is 39.2 Å². The lowest BCUT2D eigenvalue weighted by Crippen LogP contribution is -2.29. The van der Waals surface area contributed by atoms with E-state index in [0.29, 0.717) is 25.3 Å². The molecule has 0 aliphatic carbocycles. The molecule has 1 unspecified atom stereocenters. The number of carbonyl (C=O) groups is 1. The van der Waals surface area contributed by atoms with Crippen molar-refractivity contribution in [1.82, 2.24) is 0 Å². The fourth-order valence-corrected chi connectivity index (χ4v) is 2.67. The molecular weight excluding hydrogens is 252 g/mol. The minimum atomic E-state index is -0.509. The highest BCUT2D eigenvalue weighted by Gasteiger charge is 2.25. The molecule has 0 aromatic heterocycles. The second-order valence-corrected chi connectivity index (χ2v) is 5.87. The topological polar surface area (TPSA) is 66.6 Å². The van der Waals surface area contributed by atoms with Crippen LogP contribution in [0.1, 0.15) is 43.9 Å². The SMILES string of the molecule is CC(C)CC(=O)N1CCc2cc(C(O)CCN)ccc21. The van der Waals surface area contributed by atoms with Gasteiger partial charge in [0.15, 0.2) is 0 Å². The lowest BCUT2D eigenvalue weighted by atomic mass is 10.0. The number of rotatable bonds is 5. The predicted octanol–water partition coefficient (Wildman–Crippen LogP) is 2.00. The van der Waals surface area contributed by atoms with Gasteiger partial charge in [-0.3, -0.25) is 4.79 Å². The molecule has 1 aromatic rings. The van der Waals surface area contributed by atoms with Gasteiger partial charge in [0.05, 0.1) is 6.10 Å². The fourth-order valence-electron chi connectivity index (χ4n) is 2.67. The second kappa shape index (κ2) is 6.37. The molecular formula is C16H24N2O2. The summed E-state index contributed by atoms with van der Waals surface area (Å²) in [4.78, 5) is 14.1. The third-order valence-electron chi connectivity index (χ3n) is 3.71. The molecule has 1 aliphatic rings. The molecule has 1 atom stereocenters. The molecule has 2 rings (SSSR count). The Morgan fingerprint density at radius 3 is 2.85 bits per heavy atom. The van der Waals surface area contributed by atoms with Crippen LogP contribution >= 0.6 is 0 Å². The number of hydrogen-bond acceptors (Lipinski definition) is 3. The number of nitrogens with zero attached hydrogens (tertiary/aromatic N) is 1. The van der Waals surface area contributed by atoms with Gasteiger partial charge in [-0.15, -0.1) is 0 Å². The Balaban J connectivity index is 2.16. The van der Waals surface area contributed by atoms with Gasteiger partial charge in [0.2, 0.25) is 5.91 Å². The maximum Gasteiger partial charge on any atom is 0.227 e. The largest absolute Gasteiger partial charge is 0.388 e. The van der Waals surface area contributed by atoms with Crippen molar-refractivity contribution in [3.8, 4) is 0 Å². The van der Waals surface area contributed by atoms with Gasteiger partial charge in [-0.1, -0.05) is 26.0 Å². The first-order valence-corrected chi connectivity index (χ1v) is 7.34. The number of nitrogens with two attached hydrogens (primary N) is 1. The van der Waals surface area contributed by atoms with Gasteiger partial charge in [-0.2, -0.15) is 0 Å². The maximum atomic E-state index is 12.2. The highest BCUT2D eigenvalue weighted by Crippen LogP contribution is 2.31. The maximum absolute atomic E-state index is 12.2. The Bertz CT molecular complexity index is 485. The van der Waals surface area contributed by atoms with E-state index in [-0.39, 0.29) is 5.91 Å². The summed E-state index contributed by atoms with van der Waals surface area (Å²) in [5.74, 6) is 0.561. The first-order chi connectivity index (χ1) is 9.52.